The molecule has 26 heavy (non-hydrogen) atoms. The number of carbonyl (C=O) groups is 1. The van der Waals surface area contributed by atoms with Crippen LogP contribution in [0.25, 0.3) is 0 Å². The lowest BCUT2D eigenvalue weighted by Crippen LogP contribution is -2.44. The molecular formula is C17H20FN3O3S2. The highest BCUT2D eigenvalue weighted by atomic mass is 32.2. The molecule has 0 aliphatic carbocycles. The Bertz CT molecular complexity index is 888. The number of benzene rings is 2. The van der Waals surface area contributed by atoms with E-state index in [1.807, 2.05) is 18.4 Å². The summed E-state index contributed by atoms with van der Waals surface area (Å²) in [5, 5.41) is 2.69. The van der Waals surface area contributed by atoms with Gasteiger partial charge in [-0.15, -0.1) is 11.8 Å². The summed E-state index contributed by atoms with van der Waals surface area (Å²) >= 11 is 1.45. The lowest BCUT2D eigenvalue weighted by molar-refractivity contribution is -0.114. The van der Waals surface area contributed by atoms with E-state index in [1.165, 1.54) is 44.1 Å². The normalized spacial score (nSPS) is 11.4. The largest absolute Gasteiger partial charge is 0.323 e. The van der Waals surface area contributed by atoms with Gasteiger partial charge in [-0.1, -0.05) is 24.3 Å². The van der Waals surface area contributed by atoms with E-state index in [2.05, 4.69) is 5.32 Å². The minimum Gasteiger partial charge on any atom is -0.323 e. The molecule has 0 atom stereocenters. The van der Waals surface area contributed by atoms with E-state index >= 15 is 0 Å². The fraction of sp³-hybridized carbons (Fsp3) is 0.235. The fourth-order valence-electron chi connectivity index (χ4n) is 2.21. The summed E-state index contributed by atoms with van der Waals surface area (Å²) in [7, 11) is -1.41. The first kappa shape index (κ1) is 20.2. The standard InChI is InChI=1S/C17H20FN3O3S2/c1-20(2)26(23,24)21(15-10-6-4-8-13(15)18)12-17(22)19-14-9-5-7-11-16(14)25-3/h4-11H,12H2,1-3H3,(H,19,22). The first-order chi connectivity index (χ1) is 12.3. The molecule has 9 heteroatoms. The molecule has 0 aliphatic heterocycles. The van der Waals surface area contributed by atoms with Crippen LogP contribution in [0.5, 0.6) is 0 Å². The number of nitrogens with one attached hydrogen (secondary N) is 1. The van der Waals surface area contributed by atoms with Crippen molar-refractivity contribution in [2.75, 3.05) is 36.5 Å². The van der Waals surface area contributed by atoms with Crippen LogP contribution >= 0.6 is 11.8 Å². The Labute approximate surface area is 157 Å². The monoisotopic (exact) mass is 397 g/mol. The minimum absolute atomic E-state index is 0.186. The van der Waals surface area contributed by atoms with E-state index in [-0.39, 0.29) is 5.69 Å². The Hall–Kier alpha value is -2.10. The SMILES string of the molecule is CSc1ccccc1NC(=O)CN(c1ccccc1F)S(=O)(=O)N(C)C. The topological polar surface area (TPSA) is 69.7 Å². The van der Waals surface area contributed by atoms with Gasteiger partial charge in [0.2, 0.25) is 5.91 Å². The van der Waals surface area contributed by atoms with Crippen molar-refractivity contribution < 1.29 is 17.6 Å². The number of rotatable bonds is 7. The molecule has 0 bridgehead atoms. The van der Waals surface area contributed by atoms with Gasteiger partial charge in [-0.05, 0) is 30.5 Å². The number of carbonyl (C=O) groups excluding carboxylic acids is 1. The summed E-state index contributed by atoms with van der Waals surface area (Å²) in [5.74, 6) is -1.30. The lowest BCUT2D eigenvalue weighted by atomic mass is 10.3. The number of amides is 1. The molecule has 0 heterocycles. The van der Waals surface area contributed by atoms with Crippen LogP contribution in [0.15, 0.2) is 53.4 Å². The number of thioether (sulfide) groups is 1. The number of anilines is 2. The summed E-state index contributed by atoms with van der Waals surface area (Å²) in [6, 6.07) is 12.6. The minimum atomic E-state index is -4.06. The van der Waals surface area contributed by atoms with Gasteiger partial charge in [0.15, 0.2) is 0 Å². The predicted octanol–water partition coefficient (Wildman–Crippen LogP) is 2.80. The summed E-state index contributed by atoms with van der Waals surface area (Å²) < 4.78 is 41.0. The van der Waals surface area contributed by atoms with E-state index in [0.717, 1.165) is 19.6 Å². The number of para-hydroxylation sites is 2. The van der Waals surface area contributed by atoms with Gasteiger partial charge in [0, 0.05) is 19.0 Å². The van der Waals surface area contributed by atoms with E-state index < -0.39 is 28.5 Å². The third-order valence-electron chi connectivity index (χ3n) is 3.53. The maximum Gasteiger partial charge on any atom is 0.304 e. The highest BCUT2D eigenvalue weighted by Crippen LogP contribution is 2.26. The first-order valence-corrected chi connectivity index (χ1v) is 10.3. The molecule has 6 nitrogen and oxygen atoms in total. The summed E-state index contributed by atoms with van der Waals surface area (Å²) in [6.45, 7) is -0.551. The van der Waals surface area contributed by atoms with Crippen LogP contribution in [0, 0.1) is 5.82 Å². The van der Waals surface area contributed by atoms with Gasteiger partial charge in [0.1, 0.15) is 12.4 Å². The third-order valence-corrected chi connectivity index (χ3v) is 6.13. The Morgan fingerprint density at radius 1 is 1.12 bits per heavy atom. The molecule has 0 spiro atoms. The van der Waals surface area contributed by atoms with Crippen LogP contribution in [0.1, 0.15) is 0 Å². The van der Waals surface area contributed by atoms with E-state index in [1.54, 1.807) is 12.1 Å². The van der Waals surface area contributed by atoms with Crippen molar-refractivity contribution in [3.63, 3.8) is 0 Å². The molecule has 2 rings (SSSR count). The van der Waals surface area contributed by atoms with E-state index in [4.69, 9.17) is 0 Å². The zero-order valence-corrected chi connectivity index (χ0v) is 16.3. The molecule has 0 radical (unpaired) electrons. The Morgan fingerprint density at radius 2 is 1.73 bits per heavy atom. The Balaban J connectivity index is 2.33. The molecule has 2 aromatic rings. The second kappa shape index (κ2) is 8.52. The van der Waals surface area contributed by atoms with Crippen molar-refractivity contribution in [1.82, 2.24) is 4.31 Å². The van der Waals surface area contributed by atoms with Crippen LogP contribution in [0.3, 0.4) is 0 Å². The average molecular weight is 397 g/mol. The van der Waals surface area contributed by atoms with Crippen molar-refractivity contribution in [3.8, 4) is 0 Å². The van der Waals surface area contributed by atoms with Gasteiger partial charge >= 0.3 is 10.2 Å². The highest BCUT2D eigenvalue weighted by molar-refractivity contribution is 7.98. The molecule has 0 aliphatic rings. The van der Waals surface area contributed by atoms with E-state index in [9.17, 15) is 17.6 Å². The van der Waals surface area contributed by atoms with Gasteiger partial charge in [0.25, 0.3) is 0 Å². The van der Waals surface area contributed by atoms with Gasteiger partial charge in [-0.2, -0.15) is 12.7 Å². The van der Waals surface area contributed by atoms with Crippen molar-refractivity contribution in [1.29, 1.82) is 0 Å². The van der Waals surface area contributed by atoms with Crippen molar-refractivity contribution in [2.24, 2.45) is 0 Å². The third kappa shape index (κ3) is 4.54. The highest BCUT2D eigenvalue weighted by Gasteiger charge is 2.29. The molecule has 0 saturated heterocycles. The smallest absolute Gasteiger partial charge is 0.304 e. The molecule has 0 unspecified atom stereocenters. The van der Waals surface area contributed by atoms with Crippen LogP contribution < -0.4 is 9.62 Å². The Morgan fingerprint density at radius 3 is 2.35 bits per heavy atom. The summed E-state index contributed by atoms with van der Waals surface area (Å²) in [6.07, 6.45) is 1.87. The number of halogens is 1. The van der Waals surface area contributed by atoms with Crippen molar-refractivity contribution in [3.05, 3.63) is 54.3 Å². The quantitative estimate of drug-likeness (QED) is 0.730. The van der Waals surface area contributed by atoms with Gasteiger partial charge in [-0.25, -0.2) is 8.70 Å². The fourth-order valence-corrected chi connectivity index (χ4v) is 3.84. The molecular weight excluding hydrogens is 377 g/mol. The maximum absolute atomic E-state index is 14.2. The second-order valence-corrected chi connectivity index (χ2v) is 8.41. The maximum atomic E-state index is 14.2. The van der Waals surface area contributed by atoms with Crippen molar-refractivity contribution >= 4 is 39.3 Å². The molecule has 0 saturated carbocycles. The molecule has 0 fully saturated rings. The van der Waals surface area contributed by atoms with E-state index in [0.29, 0.717) is 5.69 Å². The first-order valence-electron chi connectivity index (χ1n) is 7.65. The predicted molar refractivity (Wildman–Crippen MR) is 103 cm³/mol. The Kier molecular flexibility index (Phi) is 6.63. The van der Waals surface area contributed by atoms with Crippen LogP contribution in [-0.2, 0) is 15.0 Å². The van der Waals surface area contributed by atoms with Crippen LogP contribution in [-0.4, -0.2) is 45.5 Å². The van der Waals surface area contributed by atoms with Crippen molar-refractivity contribution in [2.45, 2.75) is 4.90 Å². The molecule has 140 valence electrons. The summed E-state index contributed by atoms with van der Waals surface area (Å²) in [5.41, 5.74) is 0.384. The number of hydrogen-bond acceptors (Lipinski definition) is 4. The molecule has 1 amide bonds. The molecule has 2 aromatic carbocycles. The van der Waals surface area contributed by atoms with Crippen LogP contribution in [0.2, 0.25) is 0 Å². The van der Waals surface area contributed by atoms with Gasteiger partial charge in [-0.3, -0.25) is 4.79 Å². The second-order valence-electron chi connectivity index (χ2n) is 5.50. The zero-order chi connectivity index (χ0) is 19.3. The zero-order valence-electron chi connectivity index (χ0n) is 14.6. The van der Waals surface area contributed by atoms with Gasteiger partial charge < -0.3 is 5.32 Å². The van der Waals surface area contributed by atoms with Crippen LogP contribution in [0.4, 0.5) is 15.8 Å². The number of nitrogens with zero attached hydrogens (tertiary/aromatic N) is 2. The lowest BCUT2D eigenvalue weighted by Gasteiger charge is -2.27. The number of hydrogen-bond donors (Lipinski definition) is 1. The summed E-state index contributed by atoms with van der Waals surface area (Å²) in [4.78, 5) is 13.3. The molecule has 1 N–H and O–H groups in total. The van der Waals surface area contributed by atoms with Gasteiger partial charge in [0.05, 0.1) is 11.4 Å². The average Bonchev–Trinajstić information content (AvgIpc) is 2.60. The molecule has 0 aromatic heterocycles.